The molecule has 0 aromatic rings. The number of aliphatic hydroxyl groups is 1. The molecule has 0 heterocycles. The van der Waals surface area contributed by atoms with Crippen LogP contribution in [0.5, 0.6) is 0 Å². The average Bonchev–Trinajstić information content (AvgIpc) is 2.59. The molecule has 0 unspecified atom stereocenters. The van der Waals surface area contributed by atoms with Crippen molar-refractivity contribution in [2.75, 3.05) is 6.16 Å². The van der Waals surface area contributed by atoms with E-state index in [2.05, 4.69) is 0 Å². The summed E-state index contributed by atoms with van der Waals surface area (Å²) in [6.07, 6.45) is 5.05. The lowest BCUT2D eigenvalue weighted by Crippen LogP contribution is -2.12. The normalized spacial score (nSPS) is 24.4. The predicted molar refractivity (Wildman–Crippen MR) is 72.8 cm³/mol. The third kappa shape index (κ3) is 5.66. The van der Waals surface area contributed by atoms with Crippen LogP contribution in [0.1, 0.15) is 40.5 Å². The van der Waals surface area contributed by atoms with Gasteiger partial charge in [-0.1, -0.05) is 12.2 Å². The minimum absolute atomic E-state index is 0.112. The highest BCUT2D eigenvalue weighted by molar-refractivity contribution is 7.53. The summed E-state index contributed by atoms with van der Waals surface area (Å²) < 4.78 is 23.5. The molecule has 1 aliphatic rings. The van der Waals surface area contributed by atoms with Gasteiger partial charge < -0.3 is 14.2 Å². The van der Waals surface area contributed by atoms with E-state index in [4.69, 9.17) is 9.05 Å². The zero-order valence-corrected chi connectivity index (χ0v) is 12.6. The molecular formula is C13H25O4P. The number of aliphatic hydroxyl groups excluding tert-OH is 1. The molecule has 5 heteroatoms. The fourth-order valence-corrected chi connectivity index (χ4v) is 4.26. The van der Waals surface area contributed by atoms with E-state index in [0.29, 0.717) is 12.6 Å². The van der Waals surface area contributed by atoms with Crippen molar-refractivity contribution in [3.63, 3.8) is 0 Å². The molecule has 0 spiro atoms. The Labute approximate surface area is 110 Å². The van der Waals surface area contributed by atoms with Crippen molar-refractivity contribution < 1.29 is 18.7 Å². The summed E-state index contributed by atoms with van der Waals surface area (Å²) in [5.74, 6) is 0.278. The maximum Gasteiger partial charge on any atom is 0.331 e. The molecule has 18 heavy (non-hydrogen) atoms. The maximum absolute atomic E-state index is 12.5. The standard InChI is InChI=1S/C13H25O4P/c1-10(2)16-18(15,17-11(3)4)8-7-12-5-6-13(14)9-12/h5-6,10-14H,7-9H2,1-4H3/t12-,13-/m0/s1. The van der Waals surface area contributed by atoms with Crippen LogP contribution in [0, 0.1) is 5.92 Å². The van der Waals surface area contributed by atoms with Gasteiger partial charge in [-0.05, 0) is 46.5 Å². The molecule has 0 saturated carbocycles. The highest BCUT2D eigenvalue weighted by Gasteiger charge is 2.29. The number of hydrogen-bond donors (Lipinski definition) is 1. The molecule has 0 aromatic carbocycles. The van der Waals surface area contributed by atoms with E-state index in [-0.39, 0.29) is 24.2 Å². The Hall–Kier alpha value is -0.150. The minimum Gasteiger partial charge on any atom is -0.389 e. The van der Waals surface area contributed by atoms with E-state index in [0.717, 1.165) is 6.42 Å². The lowest BCUT2D eigenvalue weighted by atomic mass is 10.1. The zero-order valence-electron chi connectivity index (χ0n) is 11.7. The van der Waals surface area contributed by atoms with Crippen LogP contribution in [-0.4, -0.2) is 29.6 Å². The number of hydrogen-bond acceptors (Lipinski definition) is 4. The van der Waals surface area contributed by atoms with Gasteiger partial charge >= 0.3 is 7.60 Å². The molecule has 4 nitrogen and oxygen atoms in total. The summed E-state index contributed by atoms with van der Waals surface area (Å²) in [5, 5.41) is 9.40. The number of rotatable bonds is 7. The molecule has 0 bridgehead atoms. The van der Waals surface area contributed by atoms with Crippen molar-refractivity contribution in [2.45, 2.75) is 58.8 Å². The van der Waals surface area contributed by atoms with E-state index in [1.165, 1.54) is 0 Å². The summed E-state index contributed by atoms with van der Waals surface area (Å²) in [6, 6.07) is 0. The van der Waals surface area contributed by atoms with Gasteiger partial charge in [-0.3, -0.25) is 4.57 Å². The van der Waals surface area contributed by atoms with Gasteiger partial charge in [0, 0.05) is 0 Å². The van der Waals surface area contributed by atoms with Crippen LogP contribution >= 0.6 is 7.60 Å². The van der Waals surface area contributed by atoms with Crippen LogP contribution in [-0.2, 0) is 13.6 Å². The smallest absolute Gasteiger partial charge is 0.331 e. The van der Waals surface area contributed by atoms with Crippen LogP contribution in [0.25, 0.3) is 0 Å². The molecule has 0 fully saturated rings. The Morgan fingerprint density at radius 3 is 2.17 bits per heavy atom. The third-order valence-corrected chi connectivity index (χ3v) is 4.96. The Balaban J connectivity index is 2.51. The maximum atomic E-state index is 12.5. The van der Waals surface area contributed by atoms with Crippen molar-refractivity contribution in [1.29, 1.82) is 0 Å². The van der Waals surface area contributed by atoms with Gasteiger partial charge in [0.2, 0.25) is 0 Å². The van der Waals surface area contributed by atoms with Crippen molar-refractivity contribution in [1.82, 2.24) is 0 Å². The SMILES string of the molecule is CC(C)OP(=O)(CC[C@@H]1C=C[C@H](O)C1)OC(C)C. The van der Waals surface area contributed by atoms with Gasteiger partial charge in [0.1, 0.15) is 0 Å². The highest BCUT2D eigenvalue weighted by atomic mass is 31.2. The number of allylic oxidation sites excluding steroid dienone is 1. The van der Waals surface area contributed by atoms with Gasteiger partial charge in [0.25, 0.3) is 0 Å². The van der Waals surface area contributed by atoms with Crippen molar-refractivity contribution in [3.8, 4) is 0 Å². The van der Waals surface area contributed by atoms with E-state index in [1.807, 2.05) is 33.8 Å². The van der Waals surface area contributed by atoms with Crippen molar-refractivity contribution in [3.05, 3.63) is 12.2 Å². The van der Waals surface area contributed by atoms with Gasteiger partial charge in [-0.25, -0.2) is 0 Å². The Bertz CT molecular complexity index is 311. The summed E-state index contributed by atoms with van der Waals surface area (Å²) in [5.41, 5.74) is 0. The van der Waals surface area contributed by atoms with Gasteiger partial charge in [0.05, 0.1) is 24.5 Å². The molecule has 1 N–H and O–H groups in total. The van der Waals surface area contributed by atoms with Gasteiger partial charge in [-0.2, -0.15) is 0 Å². The van der Waals surface area contributed by atoms with Crippen LogP contribution < -0.4 is 0 Å². The lowest BCUT2D eigenvalue weighted by Gasteiger charge is -2.23. The second kappa shape index (κ2) is 6.85. The molecule has 0 aromatic heterocycles. The third-order valence-electron chi connectivity index (χ3n) is 2.67. The summed E-state index contributed by atoms with van der Waals surface area (Å²) >= 11 is 0. The van der Waals surface area contributed by atoms with Gasteiger partial charge in [-0.15, -0.1) is 0 Å². The molecule has 106 valence electrons. The van der Waals surface area contributed by atoms with E-state index in [9.17, 15) is 9.67 Å². The summed E-state index contributed by atoms with van der Waals surface area (Å²) in [4.78, 5) is 0. The predicted octanol–water partition coefficient (Wildman–Crippen LogP) is 3.36. The van der Waals surface area contributed by atoms with Crippen LogP contribution in [0.15, 0.2) is 12.2 Å². The second-order valence-corrected chi connectivity index (χ2v) is 7.47. The Morgan fingerprint density at radius 2 is 1.78 bits per heavy atom. The Morgan fingerprint density at radius 1 is 1.22 bits per heavy atom. The molecular weight excluding hydrogens is 251 g/mol. The zero-order chi connectivity index (χ0) is 13.8. The molecule has 0 amide bonds. The molecule has 0 radical (unpaired) electrons. The first-order valence-electron chi connectivity index (χ1n) is 6.63. The second-order valence-electron chi connectivity index (χ2n) is 5.38. The largest absolute Gasteiger partial charge is 0.389 e. The Kier molecular flexibility index (Phi) is 6.06. The fraction of sp³-hybridized carbons (Fsp3) is 0.846. The van der Waals surface area contributed by atoms with Crippen molar-refractivity contribution in [2.24, 2.45) is 5.92 Å². The summed E-state index contributed by atoms with van der Waals surface area (Å²) in [7, 11) is -3.02. The van der Waals surface area contributed by atoms with Gasteiger partial charge in [0.15, 0.2) is 0 Å². The van der Waals surface area contributed by atoms with Crippen LogP contribution in [0.3, 0.4) is 0 Å². The lowest BCUT2D eigenvalue weighted by molar-refractivity contribution is 0.141. The quantitative estimate of drug-likeness (QED) is 0.572. The van der Waals surface area contributed by atoms with E-state index >= 15 is 0 Å². The first-order valence-corrected chi connectivity index (χ1v) is 8.36. The highest BCUT2D eigenvalue weighted by Crippen LogP contribution is 2.51. The minimum atomic E-state index is -3.02. The molecule has 1 aliphatic carbocycles. The molecule has 0 saturated heterocycles. The first-order chi connectivity index (χ1) is 8.31. The molecule has 1 rings (SSSR count). The van der Waals surface area contributed by atoms with Crippen LogP contribution in [0.4, 0.5) is 0 Å². The van der Waals surface area contributed by atoms with E-state index < -0.39 is 7.60 Å². The fourth-order valence-electron chi connectivity index (χ4n) is 2.06. The monoisotopic (exact) mass is 276 g/mol. The topological polar surface area (TPSA) is 55.8 Å². The molecule has 0 aliphatic heterocycles. The molecule has 2 atom stereocenters. The van der Waals surface area contributed by atoms with Crippen LogP contribution in [0.2, 0.25) is 0 Å². The van der Waals surface area contributed by atoms with E-state index in [1.54, 1.807) is 6.08 Å². The summed E-state index contributed by atoms with van der Waals surface area (Å²) in [6.45, 7) is 7.43. The average molecular weight is 276 g/mol. The first kappa shape index (κ1) is 15.9. The van der Waals surface area contributed by atoms with Crippen molar-refractivity contribution >= 4 is 7.60 Å².